The Morgan fingerprint density at radius 3 is 2.54 bits per heavy atom. The predicted octanol–water partition coefficient (Wildman–Crippen LogP) is 7.19. The lowest BCUT2D eigenvalue weighted by Gasteiger charge is -2.07. The Kier molecular flexibility index (Phi) is 8.15. The van der Waals surface area contributed by atoms with Gasteiger partial charge in [-0.2, -0.15) is 5.10 Å². The van der Waals surface area contributed by atoms with Crippen LogP contribution in [0.15, 0.2) is 89.9 Å². The summed E-state index contributed by atoms with van der Waals surface area (Å²) in [4.78, 5) is 17.1. The number of ether oxygens (including phenoxy) is 1. The van der Waals surface area contributed by atoms with Crippen LogP contribution in [-0.4, -0.2) is 23.7 Å². The van der Waals surface area contributed by atoms with E-state index in [1.165, 1.54) is 17.6 Å². The molecular weight excluding hydrogens is 503 g/mol. The van der Waals surface area contributed by atoms with E-state index in [4.69, 9.17) is 27.9 Å². The number of nitrogens with zero attached hydrogens (tertiary/aromatic N) is 2. The summed E-state index contributed by atoms with van der Waals surface area (Å²) in [7, 11) is 0. The maximum Gasteiger partial charge on any atom is 0.271 e. The van der Waals surface area contributed by atoms with Gasteiger partial charge in [-0.15, -0.1) is 11.3 Å². The lowest BCUT2D eigenvalue weighted by Crippen LogP contribution is -2.17. The number of hydrogen-bond donors (Lipinski definition) is 2. The fraction of sp³-hybridized carbons (Fsp3) is 0.0385. The molecule has 0 aliphatic heterocycles. The standard InChI is InChI=1S/C26H20Cl2N4O2S/c1-2-13-34-24-12-9-21(28)14-19(24)15-29-32-25(33)18-5-3-17(4-6-18)23-16-35-26(31-23)30-22-10-7-20(27)8-11-22/h2-12,14-16H,1,13H2,(H,30,31)(H,32,33)/b29-15-. The molecule has 6 nitrogen and oxygen atoms in total. The van der Waals surface area contributed by atoms with Gasteiger partial charge >= 0.3 is 0 Å². The molecule has 1 amide bonds. The molecule has 0 atom stereocenters. The van der Waals surface area contributed by atoms with E-state index in [1.807, 2.05) is 41.8 Å². The van der Waals surface area contributed by atoms with Crippen molar-refractivity contribution in [1.82, 2.24) is 10.4 Å². The first-order valence-electron chi connectivity index (χ1n) is 10.5. The third kappa shape index (κ3) is 6.70. The van der Waals surface area contributed by atoms with Gasteiger partial charge in [0, 0.05) is 37.8 Å². The Hall–Kier alpha value is -3.65. The number of hydrogen-bond acceptors (Lipinski definition) is 6. The number of carbonyl (C=O) groups is 1. The fourth-order valence-corrected chi connectivity index (χ4v) is 4.08. The van der Waals surface area contributed by atoms with Crippen molar-refractivity contribution in [3.8, 4) is 17.0 Å². The molecule has 3 aromatic carbocycles. The van der Waals surface area contributed by atoms with Crippen molar-refractivity contribution in [2.75, 3.05) is 11.9 Å². The van der Waals surface area contributed by atoms with Crippen LogP contribution in [0, 0.1) is 0 Å². The van der Waals surface area contributed by atoms with Gasteiger partial charge in [-0.3, -0.25) is 4.79 Å². The number of halogens is 2. The average Bonchev–Trinajstić information content (AvgIpc) is 3.33. The zero-order valence-electron chi connectivity index (χ0n) is 18.4. The van der Waals surface area contributed by atoms with Crippen molar-refractivity contribution in [2.45, 2.75) is 0 Å². The maximum atomic E-state index is 12.5. The van der Waals surface area contributed by atoms with E-state index in [0.29, 0.717) is 33.5 Å². The molecule has 0 saturated heterocycles. The Bertz CT molecular complexity index is 1350. The van der Waals surface area contributed by atoms with Gasteiger partial charge in [-0.05, 0) is 54.6 Å². The van der Waals surface area contributed by atoms with Crippen LogP contribution in [0.1, 0.15) is 15.9 Å². The van der Waals surface area contributed by atoms with Gasteiger partial charge in [0.05, 0.1) is 11.9 Å². The number of amides is 1. The summed E-state index contributed by atoms with van der Waals surface area (Å²) in [5.41, 5.74) is 6.24. The highest BCUT2D eigenvalue weighted by atomic mass is 35.5. The Morgan fingerprint density at radius 1 is 1.06 bits per heavy atom. The Labute approximate surface area is 216 Å². The van der Waals surface area contributed by atoms with Gasteiger partial charge in [0.25, 0.3) is 5.91 Å². The van der Waals surface area contributed by atoms with Crippen molar-refractivity contribution in [1.29, 1.82) is 0 Å². The summed E-state index contributed by atoms with van der Waals surface area (Å²) in [5.74, 6) is 0.247. The second-order valence-corrected chi connectivity index (χ2v) is 8.96. The summed E-state index contributed by atoms with van der Waals surface area (Å²) in [6, 6.07) is 19.7. The van der Waals surface area contributed by atoms with Crippen LogP contribution in [0.2, 0.25) is 10.0 Å². The quantitative estimate of drug-likeness (QED) is 0.138. The van der Waals surface area contributed by atoms with E-state index in [0.717, 1.165) is 22.1 Å². The molecule has 176 valence electrons. The number of nitrogens with one attached hydrogen (secondary N) is 2. The fourth-order valence-electron chi connectivity index (χ4n) is 3.04. The molecule has 0 unspecified atom stereocenters. The number of benzene rings is 3. The molecule has 0 bridgehead atoms. The molecule has 1 heterocycles. The Balaban J connectivity index is 1.38. The number of anilines is 2. The molecule has 0 aliphatic carbocycles. The SMILES string of the molecule is C=CCOc1ccc(Cl)cc1/C=N\NC(=O)c1ccc(-c2csc(Nc3ccc(Cl)cc3)n2)cc1. The molecule has 4 aromatic rings. The third-order valence-electron chi connectivity index (χ3n) is 4.74. The van der Waals surface area contributed by atoms with Crippen LogP contribution in [-0.2, 0) is 0 Å². The van der Waals surface area contributed by atoms with Gasteiger partial charge in [0.1, 0.15) is 12.4 Å². The Morgan fingerprint density at radius 2 is 1.80 bits per heavy atom. The summed E-state index contributed by atoms with van der Waals surface area (Å²) in [5, 5.41) is 11.2. The van der Waals surface area contributed by atoms with Crippen molar-refractivity contribution in [3.05, 3.63) is 106 Å². The summed E-state index contributed by atoms with van der Waals surface area (Å²) < 4.78 is 5.58. The summed E-state index contributed by atoms with van der Waals surface area (Å²) in [6.07, 6.45) is 3.13. The number of thiazole rings is 1. The smallest absolute Gasteiger partial charge is 0.271 e. The van der Waals surface area contributed by atoms with Crippen LogP contribution >= 0.6 is 34.5 Å². The van der Waals surface area contributed by atoms with E-state index >= 15 is 0 Å². The minimum atomic E-state index is -0.341. The zero-order chi connectivity index (χ0) is 24.6. The minimum absolute atomic E-state index is 0.341. The molecule has 1 aromatic heterocycles. The highest BCUT2D eigenvalue weighted by Gasteiger charge is 2.09. The van der Waals surface area contributed by atoms with Gasteiger partial charge in [0.15, 0.2) is 5.13 Å². The van der Waals surface area contributed by atoms with Crippen molar-refractivity contribution in [2.24, 2.45) is 5.10 Å². The van der Waals surface area contributed by atoms with Crippen molar-refractivity contribution < 1.29 is 9.53 Å². The predicted molar refractivity (Wildman–Crippen MR) is 144 cm³/mol. The lowest BCUT2D eigenvalue weighted by atomic mass is 10.1. The second kappa shape index (κ2) is 11.7. The topological polar surface area (TPSA) is 75.6 Å². The number of aromatic nitrogens is 1. The van der Waals surface area contributed by atoms with E-state index in [2.05, 4.69) is 27.4 Å². The molecule has 0 aliphatic rings. The zero-order valence-corrected chi connectivity index (χ0v) is 20.7. The van der Waals surface area contributed by atoms with E-state index in [9.17, 15) is 4.79 Å². The maximum absolute atomic E-state index is 12.5. The third-order valence-corrected chi connectivity index (χ3v) is 5.99. The average molecular weight is 523 g/mol. The first kappa shape index (κ1) is 24.5. The van der Waals surface area contributed by atoms with Gasteiger partial charge in [-0.25, -0.2) is 10.4 Å². The normalized spacial score (nSPS) is 10.8. The number of rotatable bonds is 9. The van der Waals surface area contributed by atoms with Crippen molar-refractivity contribution >= 4 is 57.5 Å². The highest BCUT2D eigenvalue weighted by molar-refractivity contribution is 7.14. The number of carbonyl (C=O) groups excluding carboxylic acids is 1. The molecule has 0 saturated carbocycles. The van der Waals surface area contributed by atoms with Gasteiger partial charge in [-0.1, -0.05) is 48.0 Å². The van der Waals surface area contributed by atoms with Crippen LogP contribution in [0.5, 0.6) is 5.75 Å². The molecule has 9 heteroatoms. The van der Waals surface area contributed by atoms with Crippen molar-refractivity contribution in [3.63, 3.8) is 0 Å². The van der Waals surface area contributed by atoms with E-state index in [-0.39, 0.29) is 5.91 Å². The molecule has 4 rings (SSSR count). The molecule has 0 spiro atoms. The molecule has 35 heavy (non-hydrogen) atoms. The summed E-state index contributed by atoms with van der Waals surface area (Å²) in [6.45, 7) is 3.98. The van der Waals surface area contributed by atoms with E-state index < -0.39 is 0 Å². The van der Waals surface area contributed by atoms with Crippen LogP contribution in [0.3, 0.4) is 0 Å². The second-order valence-electron chi connectivity index (χ2n) is 7.23. The monoisotopic (exact) mass is 522 g/mol. The van der Waals surface area contributed by atoms with E-state index in [1.54, 1.807) is 36.4 Å². The number of hydrazone groups is 1. The molecule has 2 N–H and O–H groups in total. The highest BCUT2D eigenvalue weighted by Crippen LogP contribution is 2.28. The molecular formula is C26H20Cl2N4O2S. The minimum Gasteiger partial charge on any atom is -0.489 e. The summed E-state index contributed by atoms with van der Waals surface area (Å²) >= 11 is 13.5. The van der Waals surface area contributed by atoms with Crippen LogP contribution in [0.4, 0.5) is 10.8 Å². The lowest BCUT2D eigenvalue weighted by molar-refractivity contribution is 0.0955. The van der Waals surface area contributed by atoms with Gasteiger partial charge in [0.2, 0.25) is 0 Å². The van der Waals surface area contributed by atoms with Gasteiger partial charge < -0.3 is 10.1 Å². The molecule has 0 radical (unpaired) electrons. The van der Waals surface area contributed by atoms with Crippen LogP contribution in [0.25, 0.3) is 11.3 Å². The first-order valence-corrected chi connectivity index (χ1v) is 12.1. The largest absolute Gasteiger partial charge is 0.489 e. The van der Waals surface area contributed by atoms with Crippen LogP contribution < -0.4 is 15.5 Å². The first-order chi connectivity index (χ1) is 17.0. The molecule has 0 fully saturated rings.